The Kier molecular flexibility index (Phi) is 7.69. The molecule has 0 radical (unpaired) electrons. The van der Waals surface area contributed by atoms with Gasteiger partial charge in [-0.05, 0) is 43.0 Å². The van der Waals surface area contributed by atoms with Gasteiger partial charge in [0.1, 0.15) is 0 Å². The third-order valence-electron chi connectivity index (χ3n) is 5.51. The number of rotatable bonds is 9. The van der Waals surface area contributed by atoms with Gasteiger partial charge in [0.15, 0.2) is 17.3 Å². The third-order valence-corrected chi connectivity index (χ3v) is 5.51. The first-order valence-electron chi connectivity index (χ1n) is 10.1. The molecule has 0 aliphatic carbocycles. The van der Waals surface area contributed by atoms with E-state index in [9.17, 15) is 4.39 Å². The molecule has 1 aliphatic heterocycles. The Bertz CT molecular complexity index is 731. The molecule has 28 heavy (non-hydrogen) atoms. The molecule has 0 saturated carbocycles. The maximum absolute atomic E-state index is 14.6. The van der Waals surface area contributed by atoms with Crippen molar-refractivity contribution in [1.82, 2.24) is 9.80 Å². The predicted molar refractivity (Wildman–Crippen MR) is 111 cm³/mol. The second kappa shape index (κ2) is 10.4. The van der Waals surface area contributed by atoms with Gasteiger partial charge in [0.05, 0.1) is 14.2 Å². The van der Waals surface area contributed by atoms with Gasteiger partial charge < -0.3 is 19.3 Å². The Morgan fingerprint density at radius 3 is 2.14 bits per heavy atom. The Hall–Kier alpha value is -2.11. The van der Waals surface area contributed by atoms with Crippen molar-refractivity contribution in [2.75, 3.05) is 53.5 Å². The van der Waals surface area contributed by atoms with Gasteiger partial charge in [-0.3, -0.25) is 0 Å². The van der Waals surface area contributed by atoms with Gasteiger partial charge >= 0.3 is 0 Å². The maximum atomic E-state index is 14.6. The van der Waals surface area contributed by atoms with Crippen molar-refractivity contribution in [2.24, 2.45) is 0 Å². The minimum absolute atomic E-state index is 0.197. The van der Waals surface area contributed by atoms with E-state index in [1.54, 1.807) is 12.1 Å². The zero-order chi connectivity index (χ0) is 19.8. The highest BCUT2D eigenvalue weighted by molar-refractivity contribution is 5.44. The highest BCUT2D eigenvalue weighted by atomic mass is 19.1. The quantitative estimate of drug-likeness (QED) is 0.657. The van der Waals surface area contributed by atoms with Crippen LogP contribution in [0.5, 0.6) is 11.5 Å². The zero-order valence-electron chi connectivity index (χ0n) is 17.0. The summed E-state index contributed by atoms with van der Waals surface area (Å²) in [4.78, 5) is 4.96. The van der Waals surface area contributed by atoms with Crippen molar-refractivity contribution in [2.45, 2.75) is 19.3 Å². The number of ether oxygens (including phenoxy) is 2. The second-order valence-corrected chi connectivity index (χ2v) is 7.30. The van der Waals surface area contributed by atoms with Crippen molar-refractivity contribution in [3.8, 4) is 11.5 Å². The molecule has 1 fully saturated rings. The van der Waals surface area contributed by atoms with Crippen molar-refractivity contribution < 1.29 is 13.9 Å². The van der Waals surface area contributed by atoms with Crippen molar-refractivity contribution >= 4 is 0 Å². The van der Waals surface area contributed by atoms with E-state index in [-0.39, 0.29) is 11.6 Å². The first-order chi connectivity index (χ1) is 13.7. The summed E-state index contributed by atoms with van der Waals surface area (Å²) < 4.78 is 24.9. The van der Waals surface area contributed by atoms with Crippen LogP contribution in [0.15, 0.2) is 42.5 Å². The lowest BCUT2D eigenvalue weighted by molar-refractivity contribution is 0.132. The standard InChI is InChI=1S/C23H31FN2O2/c1-27-21-11-10-20(22(24)23(21)28-2)12-14-26-17-15-25(16-18-26)13-6-9-19-7-4-3-5-8-19/h3-5,7-8,10-11H,6,9,12-18H2,1-2H3. The van der Waals surface area contributed by atoms with Crippen LogP contribution in [0.25, 0.3) is 0 Å². The van der Waals surface area contributed by atoms with E-state index in [1.807, 2.05) is 0 Å². The number of hydrogen-bond acceptors (Lipinski definition) is 4. The van der Waals surface area contributed by atoms with E-state index in [4.69, 9.17) is 9.47 Å². The number of halogens is 1. The zero-order valence-corrected chi connectivity index (χ0v) is 17.0. The molecule has 1 aliphatic rings. The molecule has 0 atom stereocenters. The molecule has 0 N–H and O–H groups in total. The molecule has 2 aromatic carbocycles. The minimum Gasteiger partial charge on any atom is -0.493 e. The number of benzene rings is 2. The molecule has 3 rings (SSSR count). The lowest BCUT2D eigenvalue weighted by Crippen LogP contribution is -2.47. The van der Waals surface area contributed by atoms with Gasteiger partial charge in [-0.25, -0.2) is 4.39 Å². The lowest BCUT2D eigenvalue weighted by Gasteiger charge is -2.34. The summed E-state index contributed by atoms with van der Waals surface area (Å²) in [5, 5.41) is 0. The van der Waals surface area contributed by atoms with Gasteiger partial charge in [0.2, 0.25) is 0 Å². The first-order valence-corrected chi connectivity index (χ1v) is 10.1. The molecule has 1 saturated heterocycles. The van der Waals surface area contributed by atoms with Crippen molar-refractivity contribution in [3.63, 3.8) is 0 Å². The number of methoxy groups -OCH3 is 2. The molecule has 1 heterocycles. The molecule has 0 unspecified atom stereocenters. The smallest absolute Gasteiger partial charge is 0.197 e. The highest BCUT2D eigenvalue weighted by Crippen LogP contribution is 2.32. The summed E-state index contributed by atoms with van der Waals surface area (Å²) >= 11 is 0. The normalized spacial score (nSPS) is 15.5. The lowest BCUT2D eigenvalue weighted by atomic mass is 10.1. The fourth-order valence-electron chi connectivity index (χ4n) is 3.79. The minimum atomic E-state index is -0.304. The summed E-state index contributed by atoms with van der Waals surface area (Å²) in [5.74, 6) is 0.331. The average Bonchev–Trinajstić information content (AvgIpc) is 2.74. The molecule has 5 heteroatoms. The number of piperazine rings is 1. The maximum Gasteiger partial charge on any atom is 0.197 e. The Morgan fingerprint density at radius 1 is 0.821 bits per heavy atom. The van der Waals surface area contributed by atoms with Crippen LogP contribution in [-0.4, -0.2) is 63.3 Å². The van der Waals surface area contributed by atoms with Crippen LogP contribution in [0.3, 0.4) is 0 Å². The van der Waals surface area contributed by atoms with Gasteiger partial charge in [0, 0.05) is 32.7 Å². The van der Waals surface area contributed by atoms with Crippen molar-refractivity contribution in [1.29, 1.82) is 0 Å². The number of aryl methyl sites for hydroxylation is 1. The van der Waals surface area contributed by atoms with Crippen LogP contribution in [0.4, 0.5) is 4.39 Å². The number of nitrogens with zero attached hydrogens (tertiary/aromatic N) is 2. The van der Waals surface area contributed by atoms with Gasteiger partial charge in [-0.1, -0.05) is 36.4 Å². The van der Waals surface area contributed by atoms with Gasteiger partial charge in [-0.15, -0.1) is 0 Å². The summed E-state index contributed by atoms with van der Waals surface area (Å²) in [5.41, 5.74) is 2.10. The summed E-state index contributed by atoms with van der Waals surface area (Å²) in [6, 6.07) is 14.3. The van der Waals surface area contributed by atoms with Crippen LogP contribution in [0.1, 0.15) is 17.5 Å². The van der Waals surface area contributed by atoms with Crippen LogP contribution in [-0.2, 0) is 12.8 Å². The Labute approximate surface area is 167 Å². The number of hydrogen-bond donors (Lipinski definition) is 0. The Morgan fingerprint density at radius 2 is 1.50 bits per heavy atom. The molecule has 152 valence electrons. The largest absolute Gasteiger partial charge is 0.493 e. The van der Waals surface area contributed by atoms with E-state index in [2.05, 4.69) is 40.1 Å². The fourth-order valence-corrected chi connectivity index (χ4v) is 3.79. The molecule has 2 aromatic rings. The summed E-state index contributed by atoms with van der Waals surface area (Å²) in [7, 11) is 3.00. The predicted octanol–water partition coefficient (Wildman–Crippen LogP) is 3.64. The van der Waals surface area contributed by atoms with Crippen molar-refractivity contribution in [3.05, 3.63) is 59.4 Å². The van der Waals surface area contributed by atoms with Gasteiger partial charge in [0.25, 0.3) is 0 Å². The second-order valence-electron chi connectivity index (χ2n) is 7.30. The highest BCUT2D eigenvalue weighted by Gasteiger charge is 2.19. The van der Waals surface area contributed by atoms with E-state index < -0.39 is 0 Å². The van der Waals surface area contributed by atoms with Gasteiger partial charge in [-0.2, -0.15) is 0 Å². The molecule has 0 bridgehead atoms. The summed E-state index contributed by atoms with van der Waals surface area (Å²) in [6.45, 7) is 6.27. The SMILES string of the molecule is COc1ccc(CCN2CCN(CCCc3ccccc3)CC2)c(F)c1OC. The molecule has 0 spiro atoms. The van der Waals surface area contributed by atoms with E-state index in [1.165, 1.54) is 26.2 Å². The molecule has 4 nitrogen and oxygen atoms in total. The summed E-state index contributed by atoms with van der Waals surface area (Å²) in [6.07, 6.45) is 3.01. The topological polar surface area (TPSA) is 24.9 Å². The average molecular weight is 387 g/mol. The molecular weight excluding hydrogens is 355 g/mol. The van der Waals surface area contributed by atoms with E-state index in [0.717, 1.165) is 45.7 Å². The van der Waals surface area contributed by atoms with E-state index >= 15 is 0 Å². The molecular formula is C23H31FN2O2. The van der Waals surface area contributed by atoms with Crippen LogP contribution in [0.2, 0.25) is 0 Å². The Balaban J connectivity index is 1.40. The first kappa shape index (κ1) is 20.6. The molecule has 0 aromatic heterocycles. The fraction of sp³-hybridized carbons (Fsp3) is 0.478. The third kappa shape index (κ3) is 5.46. The monoisotopic (exact) mass is 386 g/mol. The molecule has 0 amide bonds. The van der Waals surface area contributed by atoms with Crippen LogP contribution in [0, 0.1) is 5.82 Å². The van der Waals surface area contributed by atoms with Crippen LogP contribution < -0.4 is 9.47 Å². The van der Waals surface area contributed by atoms with Crippen LogP contribution >= 0.6 is 0 Å². The van der Waals surface area contributed by atoms with E-state index in [0.29, 0.717) is 17.7 Å².